The van der Waals surface area contributed by atoms with E-state index in [1.807, 2.05) is 6.07 Å². The summed E-state index contributed by atoms with van der Waals surface area (Å²) in [4.78, 5) is 15.1. The molecular formula is C13H11N3O2. The van der Waals surface area contributed by atoms with Gasteiger partial charge in [0.15, 0.2) is 0 Å². The van der Waals surface area contributed by atoms with Crippen molar-refractivity contribution >= 4 is 0 Å². The average molecular weight is 241 g/mol. The quantitative estimate of drug-likeness (QED) is 0.809. The van der Waals surface area contributed by atoms with E-state index >= 15 is 0 Å². The predicted octanol–water partition coefficient (Wildman–Crippen LogP) is 1.17. The molecule has 0 aliphatic carbocycles. The number of hydrogen-bond donors (Lipinski definition) is 0. The molecule has 1 heterocycles. The molecule has 0 saturated carbocycles. The minimum Gasteiger partial charge on any atom is -0.495 e. The van der Waals surface area contributed by atoms with E-state index in [0.29, 0.717) is 17.9 Å². The van der Waals surface area contributed by atoms with E-state index in [4.69, 9.17) is 10.00 Å². The monoisotopic (exact) mass is 241 g/mol. The lowest BCUT2D eigenvalue weighted by atomic mass is 10.1. The molecular weight excluding hydrogens is 230 g/mol. The molecule has 5 nitrogen and oxygen atoms in total. The van der Waals surface area contributed by atoms with E-state index in [2.05, 4.69) is 4.98 Å². The van der Waals surface area contributed by atoms with Gasteiger partial charge < -0.3 is 4.74 Å². The molecule has 0 N–H and O–H groups in total. The van der Waals surface area contributed by atoms with Crippen molar-refractivity contribution in [1.82, 2.24) is 9.55 Å². The van der Waals surface area contributed by atoms with Crippen LogP contribution in [0.3, 0.4) is 0 Å². The van der Waals surface area contributed by atoms with Crippen molar-refractivity contribution in [3.05, 3.63) is 58.3 Å². The Morgan fingerprint density at radius 1 is 1.50 bits per heavy atom. The zero-order chi connectivity index (χ0) is 13.0. The van der Waals surface area contributed by atoms with Crippen molar-refractivity contribution in [1.29, 1.82) is 5.26 Å². The summed E-state index contributed by atoms with van der Waals surface area (Å²) in [6.45, 7) is 0.398. The van der Waals surface area contributed by atoms with Crippen LogP contribution in [-0.2, 0) is 6.54 Å². The van der Waals surface area contributed by atoms with Crippen LogP contribution in [0.25, 0.3) is 0 Å². The molecule has 0 saturated heterocycles. The van der Waals surface area contributed by atoms with Gasteiger partial charge in [0.25, 0.3) is 0 Å². The number of hydrogen-bond acceptors (Lipinski definition) is 4. The maximum atomic E-state index is 11.5. The Kier molecular flexibility index (Phi) is 3.39. The van der Waals surface area contributed by atoms with Crippen LogP contribution < -0.4 is 10.4 Å². The van der Waals surface area contributed by atoms with Crippen LogP contribution in [0.1, 0.15) is 11.1 Å². The van der Waals surface area contributed by atoms with Crippen LogP contribution in [0, 0.1) is 11.3 Å². The zero-order valence-corrected chi connectivity index (χ0v) is 9.83. The van der Waals surface area contributed by atoms with E-state index in [0.717, 1.165) is 5.56 Å². The molecule has 2 rings (SSSR count). The topological polar surface area (TPSA) is 67.9 Å². The summed E-state index contributed by atoms with van der Waals surface area (Å²) in [6, 6.07) is 8.96. The number of methoxy groups -OCH3 is 1. The Balaban J connectivity index is 2.34. The number of nitriles is 1. The largest absolute Gasteiger partial charge is 0.495 e. The summed E-state index contributed by atoms with van der Waals surface area (Å²) in [5.41, 5.74) is 1.04. The van der Waals surface area contributed by atoms with Gasteiger partial charge in [-0.25, -0.2) is 9.78 Å². The van der Waals surface area contributed by atoms with Crippen molar-refractivity contribution in [2.75, 3.05) is 7.11 Å². The normalized spacial score (nSPS) is 9.78. The van der Waals surface area contributed by atoms with Crippen molar-refractivity contribution in [2.24, 2.45) is 0 Å². The molecule has 0 radical (unpaired) electrons. The number of ether oxygens (including phenoxy) is 1. The van der Waals surface area contributed by atoms with E-state index in [9.17, 15) is 4.79 Å². The maximum absolute atomic E-state index is 11.5. The zero-order valence-electron chi connectivity index (χ0n) is 9.83. The van der Waals surface area contributed by atoms with Crippen molar-refractivity contribution in [3.8, 4) is 11.8 Å². The Bertz CT molecular complexity index is 656. The Morgan fingerprint density at radius 3 is 3.00 bits per heavy atom. The fourth-order valence-electron chi connectivity index (χ4n) is 1.63. The second-order valence-corrected chi connectivity index (χ2v) is 3.68. The lowest BCUT2D eigenvalue weighted by molar-refractivity contribution is 0.412. The lowest BCUT2D eigenvalue weighted by Crippen LogP contribution is -2.21. The molecule has 0 spiro atoms. The number of aromatic nitrogens is 2. The predicted molar refractivity (Wildman–Crippen MR) is 65.3 cm³/mol. The standard InChI is InChI=1S/C13H11N3O2/c1-18-12-7-10(3-4-11(12)8-14)9-16-6-2-5-15-13(16)17/h2-7H,9H2,1H3. The minimum absolute atomic E-state index is 0.305. The second kappa shape index (κ2) is 5.15. The summed E-state index contributed by atoms with van der Waals surface area (Å²) in [6.07, 6.45) is 3.12. The highest BCUT2D eigenvalue weighted by Crippen LogP contribution is 2.19. The third kappa shape index (κ3) is 2.38. The highest BCUT2D eigenvalue weighted by atomic mass is 16.5. The molecule has 2 aromatic rings. The van der Waals surface area contributed by atoms with Crippen LogP contribution in [0.4, 0.5) is 0 Å². The first kappa shape index (κ1) is 11.9. The molecule has 0 atom stereocenters. The highest BCUT2D eigenvalue weighted by Gasteiger charge is 2.04. The molecule has 0 amide bonds. The Morgan fingerprint density at radius 2 is 2.33 bits per heavy atom. The van der Waals surface area contributed by atoms with E-state index < -0.39 is 0 Å². The van der Waals surface area contributed by atoms with Crippen molar-refractivity contribution in [3.63, 3.8) is 0 Å². The number of rotatable bonds is 3. The fraction of sp³-hybridized carbons (Fsp3) is 0.154. The summed E-state index contributed by atoms with van der Waals surface area (Å²) < 4.78 is 6.61. The van der Waals surface area contributed by atoms with Crippen LogP contribution in [-0.4, -0.2) is 16.7 Å². The first-order valence-corrected chi connectivity index (χ1v) is 5.33. The van der Waals surface area contributed by atoms with Gasteiger partial charge in [-0.15, -0.1) is 0 Å². The molecule has 1 aromatic heterocycles. The summed E-state index contributed by atoms with van der Waals surface area (Å²) in [5, 5.41) is 8.88. The third-order valence-electron chi connectivity index (χ3n) is 2.52. The summed E-state index contributed by atoms with van der Waals surface area (Å²) >= 11 is 0. The molecule has 0 unspecified atom stereocenters. The molecule has 1 aromatic carbocycles. The van der Waals surface area contributed by atoms with E-state index in [1.54, 1.807) is 30.5 Å². The van der Waals surface area contributed by atoms with Gasteiger partial charge >= 0.3 is 5.69 Å². The van der Waals surface area contributed by atoms with Crippen LogP contribution in [0.2, 0.25) is 0 Å². The van der Waals surface area contributed by atoms with Crippen molar-refractivity contribution < 1.29 is 4.74 Å². The van der Waals surface area contributed by atoms with Gasteiger partial charge in [-0.05, 0) is 23.8 Å². The number of nitrogens with zero attached hydrogens (tertiary/aromatic N) is 3. The SMILES string of the molecule is COc1cc(Cn2cccnc2=O)ccc1C#N. The average Bonchev–Trinajstić information content (AvgIpc) is 2.41. The van der Waals surface area contributed by atoms with Gasteiger partial charge in [-0.1, -0.05) is 6.07 Å². The fourth-order valence-corrected chi connectivity index (χ4v) is 1.63. The molecule has 0 aliphatic rings. The summed E-state index contributed by atoms with van der Waals surface area (Å²) in [5.74, 6) is 0.506. The lowest BCUT2D eigenvalue weighted by Gasteiger charge is -2.07. The molecule has 18 heavy (non-hydrogen) atoms. The van der Waals surface area contributed by atoms with E-state index in [1.165, 1.54) is 17.9 Å². The number of benzene rings is 1. The molecule has 0 aliphatic heterocycles. The molecule has 0 fully saturated rings. The third-order valence-corrected chi connectivity index (χ3v) is 2.52. The maximum Gasteiger partial charge on any atom is 0.347 e. The van der Waals surface area contributed by atoms with Gasteiger partial charge in [-0.2, -0.15) is 5.26 Å². The molecule has 5 heteroatoms. The van der Waals surface area contributed by atoms with Gasteiger partial charge in [0, 0.05) is 12.4 Å². The summed E-state index contributed by atoms with van der Waals surface area (Å²) in [7, 11) is 1.51. The van der Waals surface area contributed by atoms with Crippen LogP contribution in [0.15, 0.2) is 41.5 Å². The van der Waals surface area contributed by atoms with Gasteiger partial charge in [0.2, 0.25) is 0 Å². The van der Waals surface area contributed by atoms with Crippen LogP contribution in [0.5, 0.6) is 5.75 Å². The Hall–Kier alpha value is -2.61. The molecule has 0 bridgehead atoms. The highest BCUT2D eigenvalue weighted by molar-refractivity contribution is 5.45. The Labute approximate surface area is 104 Å². The minimum atomic E-state index is -0.305. The van der Waals surface area contributed by atoms with Crippen LogP contribution >= 0.6 is 0 Å². The smallest absolute Gasteiger partial charge is 0.347 e. The van der Waals surface area contributed by atoms with E-state index in [-0.39, 0.29) is 5.69 Å². The molecule has 90 valence electrons. The van der Waals surface area contributed by atoms with Gasteiger partial charge in [0.1, 0.15) is 11.8 Å². The second-order valence-electron chi connectivity index (χ2n) is 3.68. The first-order valence-electron chi connectivity index (χ1n) is 5.33. The first-order chi connectivity index (χ1) is 8.74. The van der Waals surface area contributed by atoms with Gasteiger partial charge in [0.05, 0.1) is 19.2 Å². The van der Waals surface area contributed by atoms with Gasteiger partial charge in [-0.3, -0.25) is 4.57 Å². The van der Waals surface area contributed by atoms with Crippen molar-refractivity contribution in [2.45, 2.75) is 6.54 Å².